The molecule has 2 unspecified atom stereocenters. The third-order valence-corrected chi connectivity index (χ3v) is 16.1. The maximum absolute atomic E-state index is 6.67. The number of anilines is 3. The fraction of sp³-hybridized carbons (Fsp3) is 0.0968. The second kappa shape index (κ2) is 14.9. The molecule has 0 spiro atoms. The van der Waals surface area contributed by atoms with Gasteiger partial charge in [0.1, 0.15) is 11.9 Å². The Hall–Kier alpha value is -7.66. The average Bonchev–Trinajstić information content (AvgIpc) is 4.07. The topological polar surface area (TPSA) is 17.4 Å². The van der Waals surface area contributed by atoms with E-state index >= 15 is 0 Å². The molecule has 2 aliphatic carbocycles. The normalized spacial score (nSPS) is 19.4. The number of hydrogen-bond acceptors (Lipinski definition) is 3. The van der Waals surface area contributed by atoms with E-state index in [4.69, 9.17) is 4.74 Å². The molecule has 10 aromatic rings. The molecule has 0 N–H and O–H groups in total. The lowest BCUT2D eigenvalue weighted by molar-refractivity contribution is 0.208. The summed E-state index contributed by atoms with van der Waals surface area (Å²) < 4.78 is 10.5. The van der Waals surface area contributed by atoms with Gasteiger partial charge in [-0.05, 0) is 108 Å². The first-order valence-electron chi connectivity index (χ1n) is 23.0. The van der Waals surface area contributed by atoms with Crippen molar-refractivity contribution in [3.63, 3.8) is 0 Å². The summed E-state index contributed by atoms with van der Waals surface area (Å²) in [6.07, 6.45) is 12.3. The third-order valence-electron chi connectivity index (χ3n) is 14.6. The van der Waals surface area contributed by atoms with Crippen molar-refractivity contribution in [1.29, 1.82) is 0 Å². The van der Waals surface area contributed by atoms with E-state index in [9.17, 15) is 0 Å². The van der Waals surface area contributed by atoms with Gasteiger partial charge in [0.25, 0.3) is 0 Å². The van der Waals surface area contributed by atoms with E-state index in [-0.39, 0.29) is 16.9 Å². The molecule has 1 aliphatic heterocycles. The predicted octanol–water partition coefficient (Wildman–Crippen LogP) is 16.5. The number of thiophene rings is 1. The molecule has 316 valence electrons. The minimum Gasteiger partial charge on any atom is -0.484 e. The smallest absolute Gasteiger partial charge is 0.137 e. The van der Waals surface area contributed by atoms with Crippen LogP contribution in [-0.2, 0) is 10.8 Å². The van der Waals surface area contributed by atoms with Gasteiger partial charge in [-0.25, -0.2) is 0 Å². The Labute approximate surface area is 389 Å². The molecular weight excluding hydrogens is 821 g/mol. The van der Waals surface area contributed by atoms with Gasteiger partial charge >= 0.3 is 0 Å². The Morgan fingerprint density at radius 1 is 0.591 bits per heavy atom. The van der Waals surface area contributed by atoms with Crippen LogP contribution in [0.25, 0.3) is 60.4 Å². The molecule has 13 rings (SSSR count). The predicted molar refractivity (Wildman–Crippen MR) is 278 cm³/mol. The quantitative estimate of drug-likeness (QED) is 0.159. The zero-order chi connectivity index (χ0) is 44.0. The zero-order valence-electron chi connectivity index (χ0n) is 36.9. The van der Waals surface area contributed by atoms with Crippen LogP contribution in [0.5, 0.6) is 5.75 Å². The Bertz CT molecular complexity index is 3600. The largest absolute Gasteiger partial charge is 0.484 e. The molecule has 3 atom stereocenters. The van der Waals surface area contributed by atoms with Crippen LogP contribution in [0.1, 0.15) is 47.4 Å². The van der Waals surface area contributed by atoms with Gasteiger partial charge in [0.05, 0.1) is 16.4 Å². The molecule has 2 aromatic heterocycles. The molecular formula is C62H46N2OS. The molecule has 3 heterocycles. The fourth-order valence-electron chi connectivity index (χ4n) is 11.1. The molecule has 0 saturated heterocycles. The number of ether oxygens (including phenoxy) is 1. The van der Waals surface area contributed by atoms with E-state index in [1.807, 2.05) is 11.3 Å². The summed E-state index contributed by atoms with van der Waals surface area (Å²) in [5, 5.41) is 3.97. The number of fused-ring (bicyclic) bond motifs is 10. The number of nitrogens with zero attached hydrogens (tertiary/aromatic N) is 2. The summed E-state index contributed by atoms with van der Waals surface area (Å²) in [4.78, 5) is 3.82. The highest BCUT2D eigenvalue weighted by Crippen LogP contribution is 2.52. The number of para-hydroxylation sites is 3. The van der Waals surface area contributed by atoms with Crippen LogP contribution in [-0.4, -0.2) is 10.7 Å². The van der Waals surface area contributed by atoms with Crippen LogP contribution in [0.2, 0.25) is 0 Å². The molecule has 3 aliphatic rings. The molecule has 0 amide bonds. The number of benzene rings is 8. The van der Waals surface area contributed by atoms with Gasteiger partial charge in [-0.3, -0.25) is 0 Å². The average molecular weight is 867 g/mol. The monoisotopic (exact) mass is 866 g/mol. The maximum Gasteiger partial charge on any atom is 0.137 e. The lowest BCUT2D eigenvalue weighted by Gasteiger charge is -2.36. The first kappa shape index (κ1) is 38.8. The summed E-state index contributed by atoms with van der Waals surface area (Å²) in [6, 6.07) is 70.9. The van der Waals surface area contributed by atoms with Crippen LogP contribution in [0, 0.1) is 0 Å². The number of allylic oxidation sites excluding steroid dienone is 3. The molecule has 3 nitrogen and oxygen atoms in total. The van der Waals surface area contributed by atoms with Crippen LogP contribution >= 0.6 is 11.3 Å². The van der Waals surface area contributed by atoms with E-state index in [1.54, 1.807) is 0 Å². The van der Waals surface area contributed by atoms with Crippen molar-refractivity contribution in [2.45, 2.75) is 37.2 Å². The zero-order valence-corrected chi connectivity index (χ0v) is 37.7. The van der Waals surface area contributed by atoms with Crippen molar-refractivity contribution in [2.75, 3.05) is 4.90 Å². The van der Waals surface area contributed by atoms with Gasteiger partial charge in [0.2, 0.25) is 0 Å². The van der Waals surface area contributed by atoms with Crippen LogP contribution in [0.15, 0.2) is 218 Å². The molecule has 8 aromatic carbocycles. The maximum atomic E-state index is 6.67. The van der Waals surface area contributed by atoms with E-state index in [0.29, 0.717) is 0 Å². The SMILES string of the molecule is CC1(c2ccc(N(c3ccc(-c4ccccc4)cc3)c3ccc([C@]4(C)C=CC=C5c6ccccc6OC54)cc3)cc2)CC=Cc2c1sc1c2ccc2c1c1ccccc1n2-c1ccccc1. The number of rotatable bonds is 7. The molecule has 0 fully saturated rings. The van der Waals surface area contributed by atoms with E-state index in [1.165, 1.54) is 81.4 Å². The second-order valence-electron chi connectivity index (χ2n) is 18.4. The highest BCUT2D eigenvalue weighted by Gasteiger charge is 2.44. The fourth-order valence-corrected chi connectivity index (χ4v) is 12.6. The van der Waals surface area contributed by atoms with Crippen molar-refractivity contribution >= 4 is 71.9 Å². The molecule has 4 heteroatoms. The number of hydrogen-bond donors (Lipinski definition) is 0. The Balaban J connectivity index is 0.887. The van der Waals surface area contributed by atoms with E-state index < -0.39 is 0 Å². The Kier molecular flexibility index (Phi) is 8.78. The van der Waals surface area contributed by atoms with Gasteiger partial charge < -0.3 is 14.2 Å². The summed E-state index contributed by atoms with van der Waals surface area (Å²) in [5.74, 6) is 0.958. The first-order chi connectivity index (χ1) is 32.5. The van der Waals surface area contributed by atoms with Gasteiger partial charge in [-0.1, -0.05) is 165 Å². The van der Waals surface area contributed by atoms with Gasteiger partial charge in [-0.15, -0.1) is 11.3 Å². The van der Waals surface area contributed by atoms with Crippen molar-refractivity contribution in [1.82, 2.24) is 4.57 Å². The van der Waals surface area contributed by atoms with Crippen molar-refractivity contribution in [3.05, 3.63) is 246 Å². The minimum absolute atomic E-state index is 0.0851. The standard InChI is InChI=1S/C62H46N2OS/c1-61(39-13-21-51-49-19-10-12-24-56(49)65-59(51)61)43-27-33-47(34-28-43)63(46-31-25-42(26-32-46)41-15-5-3-6-16-41)48-35-29-44(30-36-48)62(2)40-14-22-52-50-37-38-55-57(58(50)66-60(52)62)53-20-9-11-23-54(53)64(55)45-17-7-4-8-18-45/h3-39,59H,40H2,1-2H3/t59?,61-,62?/m0/s1. The van der Waals surface area contributed by atoms with Crippen molar-refractivity contribution < 1.29 is 4.74 Å². The molecule has 0 bridgehead atoms. The van der Waals surface area contributed by atoms with Crippen molar-refractivity contribution in [3.8, 4) is 22.6 Å². The number of aromatic nitrogens is 1. The summed E-state index contributed by atoms with van der Waals surface area (Å²) in [5.41, 5.74) is 15.2. The third kappa shape index (κ3) is 5.88. The van der Waals surface area contributed by atoms with Crippen LogP contribution < -0.4 is 9.64 Å². The summed E-state index contributed by atoms with van der Waals surface area (Å²) in [7, 11) is 0. The molecule has 66 heavy (non-hydrogen) atoms. The van der Waals surface area contributed by atoms with Gasteiger partial charge in [0.15, 0.2) is 0 Å². The lowest BCUT2D eigenvalue weighted by atomic mass is 9.72. The van der Waals surface area contributed by atoms with E-state index in [0.717, 1.165) is 29.2 Å². The molecule has 0 radical (unpaired) electrons. The lowest BCUT2D eigenvalue weighted by Crippen LogP contribution is -2.39. The first-order valence-corrected chi connectivity index (χ1v) is 23.8. The Morgan fingerprint density at radius 3 is 1.98 bits per heavy atom. The van der Waals surface area contributed by atoms with Crippen molar-refractivity contribution in [2.24, 2.45) is 0 Å². The second-order valence-corrected chi connectivity index (χ2v) is 19.4. The molecule has 0 saturated carbocycles. The Morgan fingerprint density at radius 2 is 1.23 bits per heavy atom. The van der Waals surface area contributed by atoms with Crippen LogP contribution in [0.4, 0.5) is 17.1 Å². The highest BCUT2D eigenvalue weighted by molar-refractivity contribution is 7.20. The van der Waals surface area contributed by atoms with Gasteiger partial charge in [0, 0.05) is 65.0 Å². The highest BCUT2D eigenvalue weighted by atomic mass is 32.1. The van der Waals surface area contributed by atoms with Crippen LogP contribution in [0.3, 0.4) is 0 Å². The van der Waals surface area contributed by atoms with E-state index in [2.05, 4.69) is 248 Å². The van der Waals surface area contributed by atoms with Gasteiger partial charge in [-0.2, -0.15) is 0 Å². The summed E-state index contributed by atoms with van der Waals surface area (Å²) >= 11 is 1.98. The minimum atomic E-state index is -0.328. The summed E-state index contributed by atoms with van der Waals surface area (Å²) in [6.45, 7) is 4.74.